The van der Waals surface area contributed by atoms with E-state index in [1.54, 1.807) is 61.9 Å². The summed E-state index contributed by atoms with van der Waals surface area (Å²) in [5.74, 6) is -1.86. The van der Waals surface area contributed by atoms with Crippen molar-refractivity contribution in [3.63, 3.8) is 0 Å². The van der Waals surface area contributed by atoms with E-state index < -0.39 is 48.2 Å². The van der Waals surface area contributed by atoms with Gasteiger partial charge >= 0.3 is 18.2 Å². The number of ether oxygens (including phenoxy) is 5. The lowest BCUT2D eigenvalue weighted by atomic mass is 9.85. The summed E-state index contributed by atoms with van der Waals surface area (Å²) in [6.45, 7) is 18.3. The van der Waals surface area contributed by atoms with Crippen LogP contribution in [0.3, 0.4) is 0 Å². The van der Waals surface area contributed by atoms with E-state index in [1.165, 1.54) is 12.2 Å². The number of carbonyl (C=O) groups is 9. The monoisotopic (exact) mass is 1250 g/mol. The Morgan fingerprint density at radius 1 is 0.809 bits per heavy atom. The third-order valence-electron chi connectivity index (χ3n) is 16.9. The Morgan fingerprint density at radius 3 is 2.10 bits per heavy atom. The standard InChI is InChI=1S/C65H101N9O15/c1-42(2)56(71-53(77)23-12-10-14-35-74-54(78)30-31-55(74)79)61(81)70-51(21-17-32-67-62(66)82)60(80)69-49-27-25-48(26-28-49)41-87-64(84)73-34-18-33-72(36-37-73)63(83)86-38-15-11-13-22-52(76)68-40-50-29-24-45(5)57(88-50)44(4)20-16-19-43(3)39-65(8)59(89-65)46(6)58(85-9)47(7)75/h16,19-20,25-28,30-31,42-43,45-47,50-51,56-59,75H,10-15,17-18,21-24,29,32-41H2,1-9H3,(H,68,76)(H,69,80)(H,70,81)(H,71,77)(H3,66,67,82)/b19-16+,44-20+/t43-,45+,46-,47-,50-,51+,56+,57-,58-,59-,65-/m1/s1. The van der Waals surface area contributed by atoms with Crippen LogP contribution in [-0.2, 0) is 59.1 Å². The molecular formula is C65H101N9O15. The second-order valence-corrected chi connectivity index (χ2v) is 24.9. The quantitative estimate of drug-likeness (QED) is 0.0164. The van der Waals surface area contributed by atoms with Gasteiger partial charge in [0, 0.05) is 89.5 Å². The Kier molecular flexibility index (Phi) is 30.0. The summed E-state index contributed by atoms with van der Waals surface area (Å²) in [5, 5.41) is 24.0. The Hall–Kier alpha value is -6.89. The number of nitrogens with zero attached hydrogens (tertiary/aromatic N) is 3. The van der Waals surface area contributed by atoms with E-state index in [9.17, 15) is 48.3 Å². The number of nitrogens with two attached hydrogens (primary N) is 1. The topological polar surface area (TPSA) is 319 Å². The molecule has 0 bridgehead atoms. The zero-order valence-electron chi connectivity index (χ0n) is 53.9. The SMILES string of the molecule is CO[C@H]([C@@H](C)[C@H]1O[C@]1(C)C[C@H](C)/C=C/C=C(\C)[C@H]1O[C@@H](CNC(=O)CCCCCOC(=O)N2CCCN(C(=O)OCc3ccc(NC(=O)[C@H](CCCNC(N)=O)NC(=O)[C@@H](NC(=O)CCCCCN4C(=O)C=CC4=O)C(C)C)cc3)CC2)CC[C@@H]1C)[C@@H](C)O. The Bertz CT molecular complexity index is 2600. The molecule has 24 heteroatoms. The number of benzene rings is 1. The van der Waals surface area contributed by atoms with Gasteiger partial charge in [0.2, 0.25) is 23.6 Å². The number of rotatable bonds is 35. The number of aliphatic hydroxyl groups is 1. The van der Waals surface area contributed by atoms with Crippen molar-refractivity contribution < 1.29 is 71.9 Å². The molecule has 11 atom stereocenters. The van der Waals surface area contributed by atoms with Crippen molar-refractivity contribution >= 4 is 59.3 Å². The van der Waals surface area contributed by atoms with E-state index in [0.29, 0.717) is 94.6 Å². The molecule has 0 spiro atoms. The highest BCUT2D eigenvalue weighted by molar-refractivity contribution is 6.12. The molecule has 89 heavy (non-hydrogen) atoms. The first-order valence-corrected chi connectivity index (χ1v) is 31.9. The number of urea groups is 1. The number of methoxy groups -OCH3 is 1. The van der Waals surface area contributed by atoms with Crippen molar-refractivity contribution in [2.24, 2.45) is 29.4 Å². The number of anilines is 1. The number of hydrogen-bond acceptors (Lipinski definition) is 15. The fourth-order valence-electron chi connectivity index (χ4n) is 11.8. The van der Waals surface area contributed by atoms with Gasteiger partial charge in [-0.15, -0.1) is 0 Å². The predicted molar refractivity (Wildman–Crippen MR) is 334 cm³/mol. The average molecular weight is 1250 g/mol. The molecule has 5 rings (SSSR count). The zero-order valence-corrected chi connectivity index (χ0v) is 53.9. The van der Waals surface area contributed by atoms with Crippen molar-refractivity contribution in [1.29, 1.82) is 0 Å². The molecule has 0 saturated carbocycles. The number of unbranched alkanes of at least 4 members (excludes halogenated alkanes) is 4. The summed E-state index contributed by atoms with van der Waals surface area (Å²) < 4.78 is 29.4. The molecule has 0 unspecified atom stereocenters. The van der Waals surface area contributed by atoms with Crippen LogP contribution < -0.4 is 32.3 Å². The van der Waals surface area contributed by atoms with Gasteiger partial charge in [-0.3, -0.25) is 33.7 Å². The predicted octanol–water partition coefficient (Wildman–Crippen LogP) is 6.54. The van der Waals surface area contributed by atoms with Gasteiger partial charge in [-0.25, -0.2) is 14.4 Å². The summed E-state index contributed by atoms with van der Waals surface area (Å²) in [7, 11) is 1.63. The second kappa shape index (κ2) is 36.7. The van der Waals surface area contributed by atoms with Crippen LogP contribution in [0.1, 0.15) is 151 Å². The summed E-state index contributed by atoms with van der Waals surface area (Å²) in [4.78, 5) is 118. The molecule has 24 nitrogen and oxygen atoms in total. The van der Waals surface area contributed by atoms with E-state index in [4.69, 9.17) is 29.4 Å². The zero-order chi connectivity index (χ0) is 65.2. The first-order chi connectivity index (χ1) is 42.4. The minimum absolute atomic E-state index is 0.0380. The first-order valence-electron chi connectivity index (χ1n) is 31.9. The van der Waals surface area contributed by atoms with E-state index >= 15 is 0 Å². The molecule has 4 aliphatic heterocycles. The normalized spacial score (nSPS) is 22.4. The highest BCUT2D eigenvalue weighted by Gasteiger charge is 2.57. The van der Waals surface area contributed by atoms with Crippen molar-refractivity contribution in [1.82, 2.24) is 36.0 Å². The third-order valence-corrected chi connectivity index (χ3v) is 16.9. The number of imide groups is 1. The van der Waals surface area contributed by atoms with Crippen molar-refractivity contribution in [2.75, 3.05) is 64.8 Å². The molecule has 1 aromatic rings. The van der Waals surface area contributed by atoms with Crippen LogP contribution in [0.25, 0.3) is 0 Å². The number of nitrogens with one attached hydrogen (secondary N) is 5. The maximum absolute atomic E-state index is 13.7. The highest BCUT2D eigenvalue weighted by atomic mass is 16.6. The molecule has 496 valence electrons. The Morgan fingerprint density at radius 2 is 1.46 bits per heavy atom. The number of carbonyl (C=O) groups excluding carboxylic acids is 9. The first kappa shape index (κ1) is 72.9. The largest absolute Gasteiger partial charge is 0.449 e. The van der Waals surface area contributed by atoms with Gasteiger partial charge in [0.1, 0.15) is 18.7 Å². The van der Waals surface area contributed by atoms with Gasteiger partial charge in [0.25, 0.3) is 11.8 Å². The number of hydrogen-bond donors (Lipinski definition) is 7. The number of allylic oxidation sites excluding steroid dienone is 3. The number of epoxide rings is 1. The maximum Gasteiger partial charge on any atom is 0.410 e. The van der Waals surface area contributed by atoms with Crippen LogP contribution in [0, 0.1) is 23.7 Å². The number of aliphatic hydroxyl groups excluding tert-OH is 1. The van der Waals surface area contributed by atoms with Crippen molar-refractivity contribution in [3.8, 4) is 0 Å². The van der Waals surface area contributed by atoms with Crippen molar-refractivity contribution in [3.05, 3.63) is 65.8 Å². The molecule has 4 aliphatic rings. The Balaban J connectivity index is 0.946. The van der Waals surface area contributed by atoms with E-state index in [1.807, 2.05) is 0 Å². The minimum Gasteiger partial charge on any atom is -0.449 e. The van der Waals surface area contributed by atoms with E-state index in [0.717, 1.165) is 29.7 Å². The number of amides is 10. The maximum atomic E-state index is 13.7. The molecule has 4 heterocycles. The lowest BCUT2D eigenvalue weighted by molar-refractivity contribution is -0.137. The summed E-state index contributed by atoms with van der Waals surface area (Å²) in [6, 6.07) is 3.87. The molecular weight excluding hydrogens is 1150 g/mol. The van der Waals surface area contributed by atoms with Gasteiger partial charge in [-0.05, 0) is 132 Å². The minimum atomic E-state index is -1.06. The van der Waals surface area contributed by atoms with Crippen molar-refractivity contribution in [2.45, 2.75) is 200 Å². The molecule has 0 aromatic heterocycles. The molecule has 0 aliphatic carbocycles. The lowest BCUT2D eigenvalue weighted by Crippen LogP contribution is -2.54. The highest BCUT2D eigenvalue weighted by Crippen LogP contribution is 2.47. The summed E-state index contributed by atoms with van der Waals surface area (Å²) in [5.41, 5.74) is 7.15. The third kappa shape index (κ3) is 24.4. The molecule has 3 fully saturated rings. The molecule has 1 aromatic carbocycles. The molecule has 8 N–H and O–H groups in total. The fourth-order valence-corrected chi connectivity index (χ4v) is 11.8. The number of primary amides is 1. The van der Waals surface area contributed by atoms with Crippen LogP contribution in [0.4, 0.5) is 20.1 Å². The van der Waals surface area contributed by atoms with Crippen LogP contribution in [0.15, 0.2) is 60.2 Å². The fraction of sp³-hybridized carbons (Fsp3) is 0.677. The lowest BCUT2D eigenvalue weighted by Gasteiger charge is -2.35. The Labute approximate surface area is 525 Å². The van der Waals surface area contributed by atoms with E-state index in [2.05, 4.69) is 79.4 Å². The van der Waals surface area contributed by atoms with E-state index in [-0.39, 0.29) is 124 Å². The average Bonchev–Trinajstić information content (AvgIpc) is 1.61. The van der Waals surface area contributed by atoms with Gasteiger partial charge in [0.05, 0.1) is 42.7 Å². The molecule has 0 radical (unpaired) electrons. The van der Waals surface area contributed by atoms with Gasteiger partial charge < -0.3 is 70.9 Å². The van der Waals surface area contributed by atoms with Crippen LogP contribution in [0.5, 0.6) is 0 Å². The van der Waals surface area contributed by atoms with Gasteiger partial charge in [0.15, 0.2) is 0 Å². The van der Waals surface area contributed by atoms with Gasteiger partial charge in [-0.1, -0.05) is 71.4 Å². The smallest absolute Gasteiger partial charge is 0.410 e. The van der Waals surface area contributed by atoms with Crippen LogP contribution >= 0.6 is 0 Å². The van der Waals surface area contributed by atoms with Crippen LogP contribution in [0.2, 0.25) is 0 Å². The summed E-state index contributed by atoms with van der Waals surface area (Å²) in [6.07, 6.45) is 14.6. The van der Waals surface area contributed by atoms with Crippen LogP contribution in [-0.4, -0.2) is 181 Å². The molecule has 3 saturated heterocycles. The second-order valence-electron chi connectivity index (χ2n) is 24.9. The van der Waals surface area contributed by atoms with Gasteiger partial charge in [-0.2, -0.15) is 0 Å². The molecule has 10 amide bonds. The summed E-state index contributed by atoms with van der Waals surface area (Å²) >= 11 is 0.